The van der Waals surface area contributed by atoms with Crippen molar-refractivity contribution in [2.45, 2.75) is 38.8 Å². The highest BCUT2D eigenvalue weighted by atomic mass is 32.2. The van der Waals surface area contributed by atoms with Gasteiger partial charge >= 0.3 is 5.97 Å². The normalized spacial score (nSPS) is 23.1. The van der Waals surface area contributed by atoms with Gasteiger partial charge in [-0.3, -0.25) is 0 Å². The van der Waals surface area contributed by atoms with E-state index in [1.807, 2.05) is 32.9 Å². The van der Waals surface area contributed by atoms with Crippen molar-refractivity contribution < 1.29 is 19.0 Å². The Kier molecular flexibility index (Phi) is 6.67. The molecule has 1 N–H and O–H groups in total. The van der Waals surface area contributed by atoms with Gasteiger partial charge in [0.05, 0.1) is 18.3 Å². The molecule has 0 amide bonds. The monoisotopic (exact) mass is 406 g/mol. The summed E-state index contributed by atoms with van der Waals surface area (Å²) in [5, 5.41) is 9.52. The Labute approximate surface area is 169 Å². The number of carboxylic acids is 1. The van der Waals surface area contributed by atoms with Crippen molar-refractivity contribution in [3.8, 4) is 0 Å². The van der Waals surface area contributed by atoms with Crippen LogP contribution in [-0.4, -0.2) is 57.8 Å². The molecule has 0 bridgehead atoms. The molecule has 1 aromatic rings. The lowest BCUT2D eigenvalue weighted by Gasteiger charge is -2.45. The van der Waals surface area contributed by atoms with Crippen molar-refractivity contribution >= 4 is 17.7 Å². The second kappa shape index (κ2) is 9.01. The number of aliphatic carboxylic acids is 1. The first-order valence-corrected chi connectivity index (χ1v) is 10.6. The third-order valence-electron chi connectivity index (χ3n) is 4.96. The molecule has 0 spiro atoms. The number of hydrogen-bond donors (Lipinski definition) is 1. The Bertz CT molecular complexity index is 796. The summed E-state index contributed by atoms with van der Waals surface area (Å²) in [5.41, 5.74) is 1.98. The van der Waals surface area contributed by atoms with E-state index in [2.05, 4.69) is 9.80 Å². The van der Waals surface area contributed by atoms with Gasteiger partial charge in [0.25, 0.3) is 0 Å². The molecule has 5 nitrogen and oxygen atoms in total. The fourth-order valence-corrected chi connectivity index (χ4v) is 4.86. The number of rotatable bonds is 6. The molecule has 28 heavy (non-hydrogen) atoms. The number of ether oxygens (including phenoxy) is 1. The minimum atomic E-state index is -0.904. The Morgan fingerprint density at radius 2 is 2.21 bits per heavy atom. The number of thioether (sulfide) groups is 1. The minimum absolute atomic E-state index is 0.105. The zero-order valence-corrected chi connectivity index (χ0v) is 17.3. The molecule has 2 atom stereocenters. The van der Waals surface area contributed by atoms with Crippen molar-refractivity contribution in [3.63, 3.8) is 0 Å². The summed E-state index contributed by atoms with van der Waals surface area (Å²) >= 11 is 1.59. The molecular weight excluding hydrogens is 379 g/mol. The van der Waals surface area contributed by atoms with Gasteiger partial charge in [0.1, 0.15) is 17.0 Å². The number of carboxylic acid groups (broad SMARTS) is 1. The van der Waals surface area contributed by atoms with Gasteiger partial charge in [0, 0.05) is 19.6 Å². The Balaban J connectivity index is 2.03. The highest BCUT2D eigenvalue weighted by Crippen LogP contribution is 2.36. The largest absolute Gasteiger partial charge is 0.478 e. The lowest BCUT2D eigenvalue weighted by molar-refractivity contribution is -0.133. The molecule has 1 saturated heterocycles. The molecule has 2 aliphatic rings. The van der Waals surface area contributed by atoms with Crippen LogP contribution in [0.4, 0.5) is 4.39 Å². The third-order valence-corrected chi connectivity index (χ3v) is 6.10. The molecular formula is C21H27FN2O3S. The Hall–Kier alpha value is -1.99. The average molecular weight is 407 g/mol. The van der Waals surface area contributed by atoms with Crippen LogP contribution in [0.15, 0.2) is 47.3 Å². The van der Waals surface area contributed by atoms with Crippen LogP contribution in [0, 0.1) is 5.82 Å². The van der Waals surface area contributed by atoms with Gasteiger partial charge in [-0.2, -0.15) is 0 Å². The maximum atomic E-state index is 13.8. The van der Waals surface area contributed by atoms with Gasteiger partial charge in [-0.15, -0.1) is 11.8 Å². The predicted octanol–water partition coefficient (Wildman–Crippen LogP) is 3.68. The first-order chi connectivity index (χ1) is 13.4. The van der Waals surface area contributed by atoms with Gasteiger partial charge in [-0.05, 0) is 48.9 Å². The van der Waals surface area contributed by atoms with Crippen LogP contribution in [0.5, 0.6) is 0 Å². The Morgan fingerprint density at radius 3 is 2.86 bits per heavy atom. The van der Waals surface area contributed by atoms with Crippen LogP contribution in [0.3, 0.4) is 0 Å². The number of hydrogen-bond acceptors (Lipinski definition) is 5. The minimum Gasteiger partial charge on any atom is -0.478 e. The fraction of sp³-hybridized carbons (Fsp3) is 0.476. The zero-order valence-electron chi connectivity index (χ0n) is 16.5. The fourth-order valence-electron chi connectivity index (χ4n) is 3.73. The van der Waals surface area contributed by atoms with Gasteiger partial charge in [0.15, 0.2) is 0 Å². The van der Waals surface area contributed by atoms with E-state index in [1.54, 1.807) is 17.8 Å². The van der Waals surface area contributed by atoms with E-state index >= 15 is 0 Å². The lowest BCUT2D eigenvalue weighted by Crippen LogP contribution is -2.49. The molecule has 0 aliphatic carbocycles. The number of allylic oxidation sites excluding steroid dienone is 2. The van der Waals surface area contributed by atoms with E-state index < -0.39 is 5.97 Å². The van der Waals surface area contributed by atoms with Gasteiger partial charge in [0.2, 0.25) is 0 Å². The summed E-state index contributed by atoms with van der Waals surface area (Å²) in [7, 11) is 0. The molecule has 1 fully saturated rings. The van der Waals surface area contributed by atoms with E-state index in [0.717, 1.165) is 35.8 Å². The van der Waals surface area contributed by atoms with E-state index in [9.17, 15) is 14.3 Å². The molecule has 2 heterocycles. The molecule has 0 radical (unpaired) electrons. The van der Waals surface area contributed by atoms with Crippen molar-refractivity contribution in [1.29, 1.82) is 0 Å². The quantitative estimate of drug-likeness (QED) is 0.778. The molecule has 0 aromatic heterocycles. The second-order valence-corrected chi connectivity index (χ2v) is 8.45. The van der Waals surface area contributed by atoms with Crippen molar-refractivity contribution in [2.75, 3.05) is 25.4 Å². The maximum absolute atomic E-state index is 13.8. The summed E-state index contributed by atoms with van der Waals surface area (Å²) in [6.07, 6.45) is 2.06. The number of benzene rings is 1. The Morgan fingerprint density at radius 1 is 1.43 bits per heavy atom. The van der Waals surface area contributed by atoms with Crippen LogP contribution in [0.2, 0.25) is 0 Å². The van der Waals surface area contributed by atoms with Crippen molar-refractivity contribution in [2.24, 2.45) is 0 Å². The van der Waals surface area contributed by atoms with Crippen LogP contribution in [0.25, 0.3) is 0 Å². The van der Waals surface area contributed by atoms with Crippen LogP contribution >= 0.6 is 11.8 Å². The summed E-state index contributed by atoms with van der Waals surface area (Å²) in [6, 6.07) is 6.50. The van der Waals surface area contributed by atoms with Gasteiger partial charge in [-0.1, -0.05) is 19.1 Å². The van der Waals surface area contributed by atoms with Gasteiger partial charge in [-0.25, -0.2) is 9.18 Å². The summed E-state index contributed by atoms with van der Waals surface area (Å²) in [4.78, 5) is 16.4. The molecule has 7 heteroatoms. The second-order valence-electron chi connectivity index (χ2n) is 7.10. The summed E-state index contributed by atoms with van der Waals surface area (Å²) < 4.78 is 19.4. The van der Waals surface area contributed by atoms with E-state index in [-0.39, 0.29) is 17.3 Å². The summed E-state index contributed by atoms with van der Waals surface area (Å²) in [6.45, 7) is 8.48. The summed E-state index contributed by atoms with van der Waals surface area (Å²) in [5.74, 6) is 0.567. The average Bonchev–Trinajstić information content (AvgIpc) is 2.63. The highest BCUT2D eigenvalue weighted by Gasteiger charge is 2.36. The lowest BCUT2D eigenvalue weighted by atomic mass is 10.0. The smallest absolute Gasteiger partial charge is 0.334 e. The maximum Gasteiger partial charge on any atom is 0.334 e. The standard InChI is InChI=1S/C21H27FN2O3S/c1-4-28-20-19(21(25)26)14(2)10-18(23-8-9-27-15(3)12-23)24(20)13-16-6-5-7-17(22)11-16/h5-7,10-11,15,20H,4,8-9,12-13H2,1-3H3,(H,25,26)/t15-,20?/m1/s1. The van der Waals surface area contributed by atoms with E-state index in [0.29, 0.717) is 18.7 Å². The number of morpholine rings is 1. The molecule has 152 valence electrons. The molecule has 1 aromatic carbocycles. The molecule has 3 rings (SSSR count). The van der Waals surface area contributed by atoms with E-state index in [4.69, 9.17) is 4.74 Å². The van der Waals surface area contributed by atoms with Crippen molar-refractivity contribution in [3.05, 3.63) is 58.7 Å². The topological polar surface area (TPSA) is 53.0 Å². The first kappa shape index (κ1) is 20.7. The molecule has 0 saturated carbocycles. The number of carbonyl (C=O) groups is 1. The first-order valence-electron chi connectivity index (χ1n) is 9.55. The molecule has 1 unspecified atom stereocenters. The van der Waals surface area contributed by atoms with Crippen LogP contribution in [-0.2, 0) is 16.1 Å². The SMILES string of the molecule is CCSC1C(C(=O)O)=C(C)C=C(N2CCO[C@H](C)C2)N1Cc1cccc(F)c1. The third kappa shape index (κ3) is 4.52. The van der Waals surface area contributed by atoms with E-state index in [1.165, 1.54) is 12.1 Å². The van der Waals surface area contributed by atoms with Crippen molar-refractivity contribution in [1.82, 2.24) is 9.80 Å². The number of nitrogens with zero attached hydrogens (tertiary/aromatic N) is 2. The molecule has 2 aliphatic heterocycles. The number of halogens is 1. The zero-order chi connectivity index (χ0) is 20.3. The van der Waals surface area contributed by atoms with Crippen LogP contribution < -0.4 is 0 Å². The highest BCUT2D eigenvalue weighted by molar-refractivity contribution is 8.00. The van der Waals surface area contributed by atoms with Crippen LogP contribution in [0.1, 0.15) is 26.3 Å². The van der Waals surface area contributed by atoms with Gasteiger partial charge < -0.3 is 19.6 Å². The predicted molar refractivity (Wildman–Crippen MR) is 109 cm³/mol.